The number of amides is 2. The molecule has 5 nitrogen and oxygen atoms in total. The number of hydrogen-bond acceptors (Lipinski definition) is 3. The van der Waals surface area contributed by atoms with Crippen molar-refractivity contribution in [1.82, 2.24) is 20.1 Å². The summed E-state index contributed by atoms with van der Waals surface area (Å²) in [6.45, 7) is 6.06. The Morgan fingerprint density at radius 1 is 1.19 bits per heavy atom. The van der Waals surface area contributed by atoms with Crippen LogP contribution in [0.5, 0.6) is 0 Å². The maximum atomic E-state index is 12.8. The zero-order valence-electron chi connectivity index (χ0n) is 15.7. The number of aromatic nitrogens is 1. The molecule has 0 aliphatic carbocycles. The second kappa shape index (κ2) is 8.81. The van der Waals surface area contributed by atoms with Crippen LogP contribution in [-0.4, -0.2) is 54.0 Å². The summed E-state index contributed by atoms with van der Waals surface area (Å²) in [5, 5.41) is 3.21. The highest BCUT2D eigenvalue weighted by Crippen LogP contribution is 2.24. The van der Waals surface area contributed by atoms with Crippen molar-refractivity contribution in [2.45, 2.75) is 25.8 Å². The van der Waals surface area contributed by atoms with Crippen LogP contribution in [-0.2, 0) is 0 Å². The molecule has 2 aromatic rings. The highest BCUT2D eigenvalue weighted by molar-refractivity contribution is 5.75. The third-order valence-electron chi connectivity index (χ3n) is 5.10. The van der Waals surface area contributed by atoms with Crippen LogP contribution < -0.4 is 5.32 Å². The average Bonchev–Trinajstić information content (AvgIpc) is 3.19. The fourth-order valence-corrected chi connectivity index (χ4v) is 3.44. The molecule has 0 unspecified atom stereocenters. The van der Waals surface area contributed by atoms with E-state index in [9.17, 15) is 4.79 Å². The van der Waals surface area contributed by atoms with Crippen molar-refractivity contribution in [3.8, 4) is 0 Å². The van der Waals surface area contributed by atoms with Crippen LogP contribution in [0.15, 0.2) is 48.8 Å². The van der Waals surface area contributed by atoms with Gasteiger partial charge in [0.25, 0.3) is 0 Å². The van der Waals surface area contributed by atoms with Gasteiger partial charge in [-0.1, -0.05) is 24.3 Å². The van der Waals surface area contributed by atoms with Crippen LogP contribution in [0.1, 0.15) is 35.6 Å². The largest absolute Gasteiger partial charge is 0.327 e. The number of benzene rings is 1. The molecule has 2 amide bonds. The zero-order valence-corrected chi connectivity index (χ0v) is 15.7. The van der Waals surface area contributed by atoms with Gasteiger partial charge in [-0.2, -0.15) is 0 Å². The van der Waals surface area contributed by atoms with Crippen LogP contribution in [0, 0.1) is 6.92 Å². The van der Waals surface area contributed by atoms with Gasteiger partial charge in [0.15, 0.2) is 0 Å². The number of rotatable bonds is 6. The Bertz CT molecular complexity index is 713. The molecule has 0 radical (unpaired) electrons. The summed E-state index contributed by atoms with van der Waals surface area (Å²) in [5.74, 6) is 0. The highest BCUT2D eigenvalue weighted by Gasteiger charge is 2.21. The lowest BCUT2D eigenvalue weighted by atomic mass is 9.96. The second-order valence-corrected chi connectivity index (χ2v) is 6.99. The van der Waals surface area contributed by atoms with E-state index in [0.29, 0.717) is 0 Å². The van der Waals surface area contributed by atoms with Crippen LogP contribution in [0.3, 0.4) is 0 Å². The minimum Gasteiger partial charge on any atom is -0.327 e. The molecular formula is C21H28N4O. The minimum atomic E-state index is -0.180. The molecule has 1 N–H and O–H groups in total. The third kappa shape index (κ3) is 4.61. The van der Waals surface area contributed by atoms with E-state index in [2.05, 4.69) is 34.3 Å². The van der Waals surface area contributed by atoms with E-state index in [1.807, 2.05) is 31.3 Å². The van der Waals surface area contributed by atoms with E-state index >= 15 is 0 Å². The molecule has 0 saturated carbocycles. The number of nitrogens with zero attached hydrogens (tertiary/aromatic N) is 3. The first-order chi connectivity index (χ1) is 12.6. The van der Waals surface area contributed by atoms with Crippen molar-refractivity contribution in [2.75, 3.05) is 33.2 Å². The fourth-order valence-electron chi connectivity index (χ4n) is 3.44. The first-order valence-electron chi connectivity index (χ1n) is 9.34. The maximum absolute atomic E-state index is 12.8. The number of aryl methyl sites for hydroxylation is 1. The molecule has 0 bridgehead atoms. The van der Waals surface area contributed by atoms with Gasteiger partial charge >= 0.3 is 6.03 Å². The number of likely N-dealkylation sites (tertiary alicyclic amines) is 1. The average molecular weight is 352 g/mol. The number of carbonyl (C=O) groups is 1. The number of nitrogens with one attached hydrogen (secondary N) is 1. The summed E-state index contributed by atoms with van der Waals surface area (Å²) >= 11 is 0. The number of carbonyl (C=O) groups excluding carboxylic acids is 1. The third-order valence-corrected chi connectivity index (χ3v) is 5.10. The van der Waals surface area contributed by atoms with E-state index in [-0.39, 0.29) is 12.1 Å². The zero-order chi connectivity index (χ0) is 18.4. The molecule has 3 rings (SSSR count). The molecule has 2 heterocycles. The summed E-state index contributed by atoms with van der Waals surface area (Å²) in [7, 11) is 1.87. The Balaban J connectivity index is 1.71. The lowest BCUT2D eigenvalue weighted by molar-refractivity contribution is 0.198. The van der Waals surface area contributed by atoms with Crippen molar-refractivity contribution in [1.29, 1.82) is 0 Å². The summed E-state index contributed by atoms with van der Waals surface area (Å²) in [6.07, 6.45) is 6.08. The van der Waals surface area contributed by atoms with Gasteiger partial charge in [0.05, 0.1) is 6.04 Å². The monoisotopic (exact) mass is 352 g/mol. The van der Waals surface area contributed by atoms with Gasteiger partial charge in [-0.15, -0.1) is 0 Å². The molecule has 5 heteroatoms. The second-order valence-electron chi connectivity index (χ2n) is 6.99. The van der Waals surface area contributed by atoms with Crippen LogP contribution in [0.25, 0.3) is 0 Å². The molecule has 1 aromatic carbocycles. The first kappa shape index (κ1) is 18.4. The van der Waals surface area contributed by atoms with Gasteiger partial charge in [0, 0.05) is 32.5 Å². The van der Waals surface area contributed by atoms with Crippen molar-refractivity contribution in [2.24, 2.45) is 0 Å². The predicted octanol–water partition coefficient (Wildman–Crippen LogP) is 3.22. The number of urea groups is 1. The Morgan fingerprint density at radius 2 is 1.88 bits per heavy atom. The van der Waals surface area contributed by atoms with E-state index in [1.165, 1.54) is 12.8 Å². The topological polar surface area (TPSA) is 48.5 Å². The van der Waals surface area contributed by atoms with Gasteiger partial charge < -0.3 is 15.1 Å². The predicted molar refractivity (Wildman–Crippen MR) is 104 cm³/mol. The molecule has 26 heavy (non-hydrogen) atoms. The normalized spacial score (nSPS) is 15.6. The Morgan fingerprint density at radius 3 is 2.58 bits per heavy atom. The van der Waals surface area contributed by atoms with Gasteiger partial charge in [0.2, 0.25) is 0 Å². The van der Waals surface area contributed by atoms with Gasteiger partial charge in [0.1, 0.15) is 0 Å². The molecule has 0 spiro atoms. The van der Waals surface area contributed by atoms with Crippen LogP contribution in [0.2, 0.25) is 0 Å². The van der Waals surface area contributed by atoms with Crippen molar-refractivity contribution < 1.29 is 4.79 Å². The molecule has 1 aromatic heterocycles. The number of likely N-dealkylation sites (N-methyl/N-ethyl adjacent to an activating group) is 1. The van der Waals surface area contributed by atoms with Crippen LogP contribution in [0.4, 0.5) is 4.79 Å². The van der Waals surface area contributed by atoms with Gasteiger partial charge in [-0.05, 0) is 61.7 Å². The fraction of sp³-hybridized carbons (Fsp3) is 0.429. The number of hydrogen-bond donors (Lipinski definition) is 1. The van der Waals surface area contributed by atoms with Gasteiger partial charge in [-0.25, -0.2) is 4.79 Å². The molecule has 1 saturated heterocycles. The lowest BCUT2D eigenvalue weighted by Crippen LogP contribution is -2.43. The lowest BCUT2D eigenvalue weighted by Gasteiger charge is -2.26. The Labute approximate surface area is 156 Å². The first-order valence-corrected chi connectivity index (χ1v) is 9.34. The molecule has 1 fully saturated rings. The quantitative estimate of drug-likeness (QED) is 0.868. The molecule has 138 valence electrons. The number of pyridine rings is 1. The van der Waals surface area contributed by atoms with Crippen molar-refractivity contribution in [3.63, 3.8) is 0 Å². The Hall–Kier alpha value is -2.40. The molecule has 1 aliphatic heterocycles. The van der Waals surface area contributed by atoms with Gasteiger partial charge in [-0.3, -0.25) is 4.98 Å². The van der Waals surface area contributed by atoms with E-state index in [0.717, 1.165) is 42.9 Å². The summed E-state index contributed by atoms with van der Waals surface area (Å²) < 4.78 is 0. The minimum absolute atomic E-state index is 0.0470. The SMILES string of the molecule is Cc1ccccc1[C@@H](NC(=O)N(C)CCN1CCCC1)c1ccncc1. The van der Waals surface area contributed by atoms with E-state index < -0.39 is 0 Å². The Kier molecular flexibility index (Phi) is 6.23. The highest BCUT2D eigenvalue weighted by atomic mass is 16.2. The standard InChI is InChI=1S/C21H28N4O/c1-17-7-3-4-8-19(17)20(18-9-11-22-12-10-18)23-21(26)24(2)15-16-25-13-5-6-14-25/h3-4,7-12,20H,5-6,13-16H2,1-2H3,(H,23,26)/t20-/m0/s1. The summed E-state index contributed by atoms with van der Waals surface area (Å²) in [6, 6.07) is 11.9. The summed E-state index contributed by atoms with van der Waals surface area (Å²) in [5.41, 5.74) is 3.31. The maximum Gasteiger partial charge on any atom is 0.317 e. The van der Waals surface area contributed by atoms with Crippen molar-refractivity contribution >= 4 is 6.03 Å². The smallest absolute Gasteiger partial charge is 0.317 e. The van der Waals surface area contributed by atoms with Crippen molar-refractivity contribution in [3.05, 3.63) is 65.5 Å². The molecular weight excluding hydrogens is 324 g/mol. The van der Waals surface area contributed by atoms with E-state index in [4.69, 9.17) is 0 Å². The molecule has 1 atom stereocenters. The summed E-state index contributed by atoms with van der Waals surface area (Å²) in [4.78, 5) is 21.1. The molecule has 1 aliphatic rings. The van der Waals surface area contributed by atoms with Crippen LogP contribution >= 0.6 is 0 Å². The van der Waals surface area contributed by atoms with E-state index in [1.54, 1.807) is 17.3 Å².